The van der Waals surface area contributed by atoms with Crippen LogP contribution in [0.2, 0.25) is 0 Å². The normalized spacial score (nSPS) is 12.9. The van der Waals surface area contributed by atoms with Gasteiger partial charge in [-0.05, 0) is 84.0 Å². The van der Waals surface area contributed by atoms with Crippen molar-refractivity contribution in [1.82, 2.24) is 24.9 Å². The molecule has 3 aromatic heterocycles. The van der Waals surface area contributed by atoms with E-state index in [0.29, 0.717) is 17.9 Å². The molecular weight excluding hydrogens is 507 g/mol. The van der Waals surface area contributed by atoms with Crippen molar-refractivity contribution in [3.63, 3.8) is 0 Å². The van der Waals surface area contributed by atoms with E-state index in [1.54, 1.807) is 24.4 Å². The molecule has 198 valence electrons. The van der Waals surface area contributed by atoms with Gasteiger partial charge in [-0.15, -0.1) is 0 Å². The van der Waals surface area contributed by atoms with Crippen molar-refractivity contribution in [1.29, 1.82) is 0 Å². The molecule has 5 rings (SSSR count). The summed E-state index contributed by atoms with van der Waals surface area (Å²) in [5.74, 6) is 7.81. The smallest absolute Gasteiger partial charge is 0.181 e. The van der Waals surface area contributed by atoms with Crippen molar-refractivity contribution < 1.29 is 4.39 Å². The summed E-state index contributed by atoms with van der Waals surface area (Å²) >= 11 is 0. The van der Waals surface area contributed by atoms with Crippen molar-refractivity contribution in [2.24, 2.45) is 5.73 Å². The Morgan fingerprint density at radius 3 is 2.72 bits per heavy atom. The van der Waals surface area contributed by atoms with Gasteiger partial charge >= 0.3 is 0 Å². The molecule has 0 aliphatic heterocycles. The number of benzene rings is 2. The molecule has 0 aliphatic rings. The van der Waals surface area contributed by atoms with E-state index in [2.05, 4.69) is 49.3 Å². The van der Waals surface area contributed by atoms with Crippen LogP contribution < -0.4 is 10.5 Å². The second-order valence-corrected chi connectivity index (χ2v) is 12.5. The van der Waals surface area contributed by atoms with Crippen LogP contribution in [0.5, 0.6) is 0 Å². The Balaban J connectivity index is 1.59. The van der Waals surface area contributed by atoms with Gasteiger partial charge in [-0.2, -0.15) is 14.5 Å². The molecule has 39 heavy (non-hydrogen) atoms. The lowest BCUT2D eigenvalue weighted by Crippen LogP contribution is -2.08. The standard InChI is InChI=1S/C31H31FN6S/c1-6-20(14-24(33)7-2)22-15-27-30(37-38-31(27)34-18-22)29-16-26-25(9-8-10-28(26)36-29)21-11-19(12-23(32)13-21)17-35-39(3,4)5/h6-16,18,35-36H,2-4,17,33H2,1,5H3,(H,34,37,38)/b20-6+,24-14+. The monoisotopic (exact) mass is 538 g/mol. The molecule has 0 spiro atoms. The average Bonchev–Trinajstić information content (AvgIpc) is 3.53. The number of aromatic nitrogens is 4. The quantitative estimate of drug-likeness (QED) is 0.131. The van der Waals surface area contributed by atoms with Crippen LogP contribution in [0.25, 0.3) is 50.0 Å². The van der Waals surface area contributed by atoms with E-state index in [1.807, 2.05) is 55.7 Å². The summed E-state index contributed by atoms with van der Waals surface area (Å²) in [7, 11) is -1.41. The van der Waals surface area contributed by atoms with Crippen LogP contribution in [-0.2, 0) is 6.54 Å². The molecule has 0 unspecified atom stereocenters. The highest BCUT2D eigenvalue weighted by molar-refractivity contribution is 8.25. The zero-order valence-corrected chi connectivity index (χ0v) is 22.8. The molecule has 0 radical (unpaired) electrons. The largest absolute Gasteiger partial charge is 0.399 e. The maximum Gasteiger partial charge on any atom is 0.181 e. The number of H-pyrrole nitrogens is 2. The van der Waals surface area contributed by atoms with Gasteiger partial charge < -0.3 is 10.7 Å². The SMILES string of the molecule is C=C/C(N)=C\C(=C/C)c1cnc2n[nH]c(-c3cc4c(-c5cc(F)cc(CNS(=C)(=C)C)c5)cccc4[nH]3)c2c1. The summed E-state index contributed by atoms with van der Waals surface area (Å²) in [6.45, 7) is 6.18. The lowest BCUT2D eigenvalue weighted by molar-refractivity contribution is 0.625. The van der Waals surface area contributed by atoms with Crippen molar-refractivity contribution in [3.8, 4) is 22.5 Å². The van der Waals surface area contributed by atoms with Crippen LogP contribution >= 0.6 is 9.39 Å². The summed E-state index contributed by atoms with van der Waals surface area (Å²) in [4.78, 5) is 8.06. The molecule has 2 aromatic carbocycles. The molecule has 0 saturated heterocycles. The van der Waals surface area contributed by atoms with Gasteiger partial charge in [0.1, 0.15) is 5.82 Å². The number of halogens is 1. The van der Waals surface area contributed by atoms with Crippen LogP contribution in [0.3, 0.4) is 0 Å². The Morgan fingerprint density at radius 2 is 1.97 bits per heavy atom. The number of hydrogen-bond acceptors (Lipinski definition) is 4. The molecule has 3 heterocycles. The Labute approximate surface area is 227 Å². The van der Waals surface area contributed by atoms with Crippen molar-refractivity contribution in [2.75, 3.05) is 6.26 Å². The maximum atomic E-state index is 14.7. The van der Waals surface area contributed by atoms with Crippen LogP contribution in [-0.4, -0.2) is 38.2 Å². The highest BCUT2D eigenvalue weighted by Crippen LogP contribution is 2.35. The van der Waals surface area contributed by atoms with Gasteiger partial charge in [0.25, 0.3) is 0 Å². The van der Waals surface area contributed by atoms with Gasteiger partial charge in [-0.1, -0.05) is 36.5 Å². The third-order valence-corrected chi connectivity index (χ3v) is 7.28. The molecule has 0 fully saturated rings. The fourth-order valence-corrected chi connectivity index (χ4v) is 5.06. The fourth-order valence-electron chi connectivity index (χ4n) is 4.54. The van der Waals surface area contributed by atoms with Gasteiger partial charge in [0.2, 0.25) is 0 Å². The second-order valence-electron chi connectivity index (χ2n) is 9.68. The predicted molar refractivity (Wildman–Crippen MR) is 167 cm³/mol. The van der Waals surface area contributed by atoms with Gasteiger partial charge in [0.15, 0.2) is 5.65 Å². The Bertz CT molecular complexity index is 1890. The number of pyridine rings is 1. The van der Waals surface area contributed by atoms with Gasteiger partial charge in [-0.25, -0.2) is 9.37 Å². The zero-order chi connectivity index (χ0) is 27.7. The molecule has 0 bridgehead atoms. The van der Waals surface area contributed by atoms with E-state index in [9.17, 15) is 4.39 Å². The third-order valence-electron chi connectivity index (χ3n) is 6.44. The minimum Gasteiger partial charge on any atom is -0.399 e. The fraction of sp³-hybridized carbons (Fsp3) is 0.0968. The first-order valence-corrected chi connectivity index (χ1v) is 14.7. The minimum atomic E-state index is -1.41. The average molecular weight is 539 g/mol. The summed E-state index contributed by atoms with van der Waals surface area (Å²) in [5, 5.41) is 9.40. The Morgan fingerprint density at radius 1 is 1.15 bits per heavy atom. The van der Waals surface area contributed by atoms with Crippen molar-refractivity contribution in [3.05, 3.63) is 102 Å². The zero-order valence-electron chi connectivity index (χ0n) is 22.0. The van der Waals surface area contributed by atoms with E-state index in [1.165, 1.54) is 0 Å². The Hall–Kier alpha value is -4.40. The van der Waals surface area contributed by atoms with Crippen molar-refractivity contribution in [2.45, 2.75) is 13.5 Å². The predicted octanol–water partition coefficient (Wildman–Crippen LogP) is 6.65. The molecule has 8 heteroatoms. The van der Waals surface area contributed by atoms with E-state index >= 15 is 0 Å². The first-order chi connectivity index (χ1) is 18.6. The number of aromatic amines is 2. The summed E-state index contributed by atoms with van der Waals surface area (Å²) in [6.07, 6.45) is 9.19. The van der Waals surface area contributed by atoms with Gasteiger partial charge in [0, 0.05) is 40.3 Å². The first-order valence-electron chi connectivity index (χ1n) is 12.4. The molecular formula is C31H31FN6S. The van der Waals surface area contributed by atoms with E-state index < -0.39 is 9.39 Å². The van der Waals surface area contributed by atoms with Crippen LogP contribution in [0, 0.1) is 5.82 Å². The minimum absolute atomic E-state index is 0.286. The molecule has 5 aromatic rings. The summed E-state index contributed by atoms with van der Waals surface area (Å²) < 4.78 is 18.0. The number of rotatable bonds is 8. The first kappa shape index (κ1) is 26.2. The molecule has 0 saturated carbocycles. The van der Waals surface area contributed by atoms with Crippen molar-refractivity contribution >= 4 is 48.6 Å². The number of hydrogen-bond donors (Lipinski definition) is 4. The molecule has 0 amide bonds. The number of nitrogens with two attached hydrogens (primary N) is 1. The second kappa shape index (κ2) is 10.4. The highest BCUT2D eigenvalue weighted by atomic mass is 32.2. The van der Waals surface area contributed by atoms with E-state index in [4.69, 9.17) is 5.73 Å². The van der Waals surface area contributed by atoms with Crippen LogP contribution in [0.15, 0.2) is 85.2 Å². The van der Waals surface area contributed by atoms with Gasteiger partial charge in [-0.3, -0.25) is 9.82 Å². The van der Waals surface area contributed by atoms with E-state index in [-0.39, 0.29) is 5.82 Å². The van der Waals surface area contributed by atoms with E-state index in [0.717, 1.165) is 55.5 Å². The molecule has 5 N–H and O–H groups in total. The number of nitrogens with one attached hydrogen (secondary N) is 3. The topological polar surface area (TPSA) is 95.4 Å². The maximum absolute atomic E-state index is 14.7. The van der Waals surface area contributed by atoms with Crippen LogP contribution in [0.4, 0.5) is 4.39 Å². The molecule has 0 atom stereocenters. The van der Waals surface area contributed by atoms with Gasteiger partial charge in [0.05, 0.1) is 11.4 Å². The van der Waals surface area contributed by atoms with Crippen LogP contribution in [0.1, 0.15) is 18.1 Å². The Kier molecular flexibility index (Phi) is 6.99. The summed E-state index contributed by atoms with van der Waals surface area (Å²) in [5.41, 5.74) is 14.2. The number of nitrogens with zero attached hydrogens (tertiary/aromatic N) is 2. The lowest BCUT2D eigenvalue weighted by Gasteiger charge is -2.12. The molecule has 6 nitrogen and oxygen atoms in total. The number of fused-ring (bicyclic) bond motifs is 2. The third kappa shape index (κ3) is 5.57. The molecule has 0 aliphatic carbocycles. The lowest BCUT2D eigenvalue weighted by atomic mass is 9.99. The highest BCUT2D eigenvalue weighted by Gasteiger charge is 2.15. The summed E-state index contributed by atoms with van der Waals surface area (Å²) in [6, 6.07) is 15.2. The number of allylic oxidation sites excluding steroid dienone is 4.